The number of benzene rings is 2. The van der Waals surface area contributed by atoms with Gasteiger partial charge in [0, 0.05) is 22.8 Å². The number of ether oxygens (including phenoxy) is 1. The third-order valence-electron chi connectivity index (χ3n) is 4.48. The van der Waals surface area contributed by atoms with Gasteiger partial charge in [0.05, 0.1) is 19.5 Å². The zero-order valence-electron chi connectivity index (χ0n) is 17.4. The molecule has 0 saturated carbocycles. The molecule has 0 radical (unpaired) electrons. The van der Waals surface area contributed by atoms with Gasteiger partial charge in [-0.05, 0) is 48.5 Å². The molecule has 3 N–H and O–H groups in total. The second kappa shape index (κ2) is 11.1. The summed E-state index contributed by atoms with van der Waals surface area (Å²) in [5.41, 5.74) is 1.12. The normalized spacial score (nSPS) is 11.6. The number of carbonyl (C=O) groups excluding carboxylic acids is 2. The fourth-order valence-corrected chi connectivity index (χ4v) is 3.77. The topological polar surface area (TPSA) is 118 Å². The predicted octanol–water partition coefficient (Wildman–Crippen LogP) is 2.78. The second-order valence-corrected chi connectivity index (χ2v) is 8.54. The average Bonchev–Trinajstić information content (AvgIpc) is 3.17. The van der Waals surface area contributed by atoms with Crippen LogP contribution in [-0.4, -0.2) is 51.2 Å². The standard InChI is InChI=1S/C21H22BrN5O4S/c1-27-19(17(11-28)24-20(30)13-3-9-16(31-2)10-4-13)25-26-21(27)32-12-18(29)23-15-7-5-14(22)6-8-15/h3-10,17,28H,11-12H2,1-2H3,(H,23,29)(H,24,30). The summed E-state index contributed by atoms with van der Waals surface area (Å²) in [6.07, 6.45) is 0. The molecule has 3 aromatic rings. The first-order valence-electron chi connectivity index (χ1n) is 9.54. The quantitative estimate of drug-likeness (QED) is 0.372. The van der Waals surface area contributed by atoms with Crippen molar-refractivity contribution in [2.24, 2.45) is 7.05 Å². The summed E-state index contributed by atoms with van der Waals surface area (Å²) in [6, 6.07) is 13.1. The molecule has 9 nitrogen and oxygen atoms in total. The SMILES string of the molecule is COc1ccc(C(=O)NC(CO)c2nnc(SCC(=O)Nc3ccc(Br)cc3)n2C)cc1. The van der Waals surface area contributed by atoms with Crippen LogP contribution in [0.1, 0.15) is 22.2 Å². The highest BCUT2D eigenvalue weighted by atomic mass is 79.9. The molecule has 0 fully saturated rings. The number of methoxy groups -OCH3 is 1. The highest BCUT2D eigenvalue weighted by Gasteiger charge is 2.22. The number of hydrogen-bond donors (Lipinski definition) is 3. The molecule has 0 bridgehead atoms. The van der Waals surface area contributed by atoms with Gasteiger partial charge in [-0.1, -0.05) is 27.7 Å². The first-order chi connectivity index (χ1) is 15.4. The van der Waals surface area contributed by atoms with Crippen LogP contribution in [0.4, 0.5) is 5.69 Å². The van der Waals surface area contributed by atoms with Crippen molar-refractivity contribution >= 4 is 45.2 Å². The molecule has 1 heterocycles. The number of nitrogens with zero attached hydrogens (tertiary/aromatic N) is 3. The molecule has 0 aliphatic heterocycles. The maximum absolute atomic E-state index is 12.5. The minimum atomic E-state index is -0.756. The number of carbonyl (C=O) groups is 2. The monoisotopic (exact) mass is 519 g/mol. The van der Waals surface area contributed by atoms with Gasteiger partial charge in [-0.3, -0.25) is 9.59 Å². The van der Waals surface area contributed by atoms with Gasteiger partial charge in [-0.25, -0.2) is 0 Å². The average molecular weight is 520 g/mol. The van der Waals surface area contributed by atoms with Gasteiger partial charge in [-0.2, -0.15) is 0 Å². The number of rotatable bonds is 9. The molecule has 0 saturated heterocycles. The molecule has 1 aromatic heterocycles. The fraction of sp³-hybridized carbons (Fsp3) is 0.238. The lowest BCUT2D eigenvalue weighted by Gasteiger charge is -2.16. The van der Waals surface area contributed by atoms with Crippen LogP contribution in [0.25, 0.3) is 0 Å². The Balaban J connectivity index is 1.60. The zero-order valence-corrected chi connectivity index (χ0v) is 19.8. The van der Waals surface area contributed by atoms with E-state index >= 15 is 0 Å². The van der Waals surface area contributed by atoms with Gasteiger partial charge in [0.15, 0.2) is 11.0 Å². The Bertz CT molecular complexity index is 1070. The van der Waals surface area contributed by atoms with Gasteiger partial charge >= 0.3 is 0 Å². The van der Waals surface area contributed by atoms with E-state index in [2.05, 4.69) is 36.8 Å². The molecule has 0 aliphatic rings. The van der Waals surface area contributed by atoms with E-state index in [1.54, 1.807) is 55.1 Å². The van der Waals surface area contributed by atoms with E-state index < -0.39 is 6.04 Å². The van der Waals surface area contributed by atoms with Gasteiger partial charge < -0.3 is 25.0 Å². The fourth-order valence-electron chi connectivity index (χ4n) is 2.79. The number of hydrogen-bond acceptors (Lipinski definition) is 7. The lowest BCUT2D eigenvalue weighted by molar-refractivity contribution is -0.113. The molecule has 0 spiro atoms. The first kappa shape index (κ1) is 23.8. The van der Waals surface area contributed by atoms with Crippen molar-refractivity contribution in [1.29, 1.82) is 0 Å². The summed E-state index contributed by atoms with van der Waals surface area (Å²) in [4.78, 5) is 24.8. The zero-order chi connectivity index (χ0) is 23.1. The van der Waals surface area contributed by atoms with Crippen molar-refractivity contribution in [3.63, 3.8) is 0 Å². The van der Waals surface area contributed by atoms with Crippen molar-refractivity contribution in [3.05, 3.63) is 64.4 Å². The number of aliphatic hydroxyl groups excluding tert-OH is 1. The minimum absolute atomic E-state index is 0.129. The van der Waals surface area contributed by atoms with E-state index in [4.69, 9.17) is 4.74 Å². The van der Waals surface area contributed by atoms with E-state index in [0.29, 0.717) is 28.0 Å². The molecular weight excluding hydrogens is 498 g/mol. The number of thioether (sulfide) groups is 1. The number of anilines is 1. The highest BCUT2D eigenvalue weighted by molar-refractivity contribution is 9.10. The summed E-state index contributed by atoms with van der Waals surface area (Å²) in [6.45, 7) is -0.359. The predicted molar refractivity (Wildman–Crippen MR) is 125 cm³/mol. The largest absolute Gasteiger partial charge is 0.497 e. The number of aliphatic hydroxyl groups is 1. The van der Waals surface area contributed by atoms with Crippen LogP contribution in [0.5, 0.6) is 5.75 Å². The van der Waals surface area contributed by atoms with Crippen LogP contribution in [0.2, 0.25) is 0 Å². The van der Waals surface area contributed by atoms with E-state index in [1.807, 2.05) is 12.1 Å². The van der Waals surface area contributed by atoms with E-state index in [-0.39, 0.29) is 24.2 Å². The molecule has 1 atom stereocenters. The van der Waals surface area contributed by atoms with E-state index in [9.17, 15) is 14.7 Å². The second-order valence-electron chi connectivity index (χ2n) is 6.68. The summed E-state index contributed by atoms with van der Waals surface area (Å²) in [5.74, 6) is 0.597. The first-order valence-corrected chi connectivity index (χ1v) is 11.3. The van der Waals surface area contributed by atoms with Crippen LogP contribution < -0.4 is 15.4 Å². The molecular formula is C21H22BrN5O4S. The maximum atomic E-state index is 12.5. The molecule has 1 unspecified atom stereocenters. The summed E-state index contributed by atoms with van der Waals surface area (Å²) in [5, 5.41) is 24.0. The molecule has 11 heteroatoms. The van der Waals surface area contributed by atoms with Gasteiger partial charge in [0.1, 0.15) is 11.8 Å². The molecule has 0 aliphatic carbocycles. The summed E-state index contributed by atoms with van der Waals surface area (Å²) < 4.78 is 7.66. The third-order valence-corrected chi connectivity index (χ3v) is 6.03. The Morgan fingerprint density at radius 2 is 1.84 bits per heavy atom. The molecule has 3 rings (SSSR count). The minimum Gasteiger partial charge on any atom is -0.497 e. The smallest absolute Gasteiger partial charge is 0.251 e. The molecule has 32 heavy (non-hydrogen) atoms. The van der Waals surface area contributed by atoms with Crippen LogP contribution >= 0.6 is 27.7 Å². The van der Waals surface area contributed by atoms with Crippen molar-refractivity contribution in [2.75, 3.05) is 24.8 Å². The van der Waals surface area contributed by atoms with Gasteiger partial charge in [0.25, 0.3) is 5.91 Å². The molecule has 2 aromatic carbocycles. The van der Waals surface area contributed by atoms with E-state index in [1.165, 1.54) is 11.8 Å². The molecule has 2 amide bonds. The van der Waals surface area contributed by atoms with Crippen molar-refractivity contribution in [3.8, 4) is 5.75 Å². The van der Waals surface area contributed by atoms with Crippen LogP contribution in [-0.2, 0) is 11.8 Å². The number of halogens is 1. The Labute approximate surface area is 197 Å². The Kier molecular flexibility index (Phi) is 8.26. The van der Waals surface area contributed by atoms with Crippen molar-refractivity contribution in [1.82, 2.24) is 20.1 Å². The molecule has 168 valence electrons. The van der Waals surface area contributed by atoms with Crippen molar-refractivity contribution in [2.45, 2.75) is 11.2 Å². The maximum Gasteiger partial charge on any atom is 0.251 e. The Hall–Kier alpha value is -2.89. The number of aromatic nitrogens is 3. The van der Waals surface area contributed by atoms with Crippen LogP contribution in [0, 0.1) is 0 Å². The Morgan fingerprint density at radius 1 is 1.16 bits per heavy atom. The van der Waals surface area contributed by atoms with Crippen LogP contribution in [0.3, 0.4) is 0 Å². The lowest BCUT2D eigenvalue weighted by atomic mass is 10.2. The van der Waals surface area contributed by atoms with Gasteiger partial charge in [0.2, 0.25) is 5.91 Å². The summed E-state index contributed by atoms with van der Waals surface area (Å²) >= 11 is 4.56. The summed E-state index contributed by atoms with van der Waals surface area (Å²) in [7, 11) is 3.26. The Morgan fingerprint density at radius 3 is 2.47 bits per heavy atom. The van der Waals surface area contributed by atoms with Crippen molar-refractivity contribution < 1.29 is 19.4 Å². The number of amides is 2. The van der Waals surface area contributed by atoms with Crippen LogP contribution in [0.15, 0.2) is 58.2 Å². The highest BCUT2D eigenvalue weighted by Crippen LogP contribution is 2.21. The van der Waals surface area contributed by atoms with Gasteiger partial charge in [-0.15, -0.1) is 10.2 Å². The lowest BCUT2D eigenvalue weighted by Crippen LogP contribution is -2.32. The van der Waals surface area contributed by atoms with E-state index in [0.717, 1.165) is 4.47 Å². The number of nitrogens with one attached hydrogen (secondary N) is 2. The third kappa shape index (κ3) is 6.09.